The first-order chi connectivity index (χ1) is 17.9. The van der Waals surface area contributed by atoms with E-state index in [9.17, 15) is 14.7 Å². The Morgan fingerprint density at radius 1 is 1.08 bits per heavy atom. The minimum Gasteiger partial charge on any atom is -0.396 e. The molecule has 7 heteroatoms. The highest BCUT2D eigenvalue weighted by atomic mass is 16.3. The number of benzene rings is 2. The Hall–Kier alpha value is -3.45. The molecule has 0 radical (unpaired) electrons. The Labute approximate surface area is 219 Å². The van der Waals surface area contributed by atoms with Gasteiger partial charge in [0.25, 0.3) is 5.91 Å². The highest BCUT2D eigenvalue weighted by Gasteiger charge is 2.24. The number of carbonyl (C=O) groups is 2. The average molecular weight is 503 g/mol. The summed E-state index contributed by atoms with van der Waals surface area (Å²) >= 11 is 0. The maximum Gasteiger partial charge on any atom is 0.253 e. The van der Waals surface area contributed by atoms with Crippen LogP contribution in [0.25, 0.3) is 17.2 Å². The molecule has 0 bridgehead atoms. The van der Waals surface area contributed by atoms with Crippen molar-refractivity contribution in [2.24, 2.45) is 16.6 Å². The summed E-state index contributed by atoms with van der Waals surface area (Å²) in [5, 5.41) is 9.47. The lowest BCUT2D eigenvalue weighted by molar-refractivity contribution is -0.127. The van der Waals surface area contributed by atoms with E-state index >= 15 is 0 Å². The average Bonchev–Trinajstić information content (AvgIpc) is 3.09. The number of nitrogens with zero attached hydrogens (tertiary/aromatic N) is 3. The predicted molar refractivity (Wildman–Crippen MR) is 149 cm³/mol. The lowest BCUT2D eigenvalue weighted by atomic mass is 9.97. The van der Waals surface area contributed by atoms with Gasteiger partial charge in [-0.1, -0.05) is 38.1 Å². The highest BCUT2D eigenvalue weighted by molar-refractivity contribution is 6.05. The van der Waals surface area contributed by atoms with Gasteiger partial charge >= 0.3 is 0 Å². The summed E-state index contributed by atoms with van der Waals surface area (Å²) in [6.07, 6.45) is 5.96. The second-order valence-electron chi connectivity index (χ2n) is 10.0. The van der Waals surface area contributed by atoms with Crippen molar-refractivity contribution in [1.29, 1.82) is 0 Å². The number of amidine groups is 1. The van der Waals surface area contributed by atoms with Crippen LogP contribution < -0.4 is 5.73 Å². The maximum absolute atomic E-state index is 13.2. The maximum atomic E-state index is 13.2. The summed E-state index contributed by atoms with van der Waals surface area (Å²) in [7, 11) is 0. The fourth-order valence-corrected chi connectivity index (χ4v) is 5.15. The molecule has 1 saturated heterocycles. The molecule has 3 N–H and O–H groups in total. The molecule has 0 aliphatic carbocycles. The monoisotopic (exact) mass is 502 g/mol. The van der Waals surface area contributed by atoms with Gasteiger partial charge in [0, 0.05) is 55.9 Å². The van der Waals surface area contributed by atoms with Gasteiger partial charge in [0.1, 0.15) is 5.84 Å². The van der Waals surface area contributed by atoms with Gasteiger partial charge in [-0.05, 0) is 67.0 Å². The van der Waals surface area contributed by atoms with Crippen LogP contribution >= 0.6 is 0 Å². The first kappa shape index (κ1) is 26.6. The molecule has 37 heavy (non-hydrogen) atoms. The number of likely N-dealkylation sites (tertiary alicyclic amines) is 1. The van der Waals surface area contributed by atoms with Crippen molar-refractivity contribution in [1.82, 2.24) is 9.80 Å². The van der Waals surface area contributed by atoms with Crippen molar-refractivity contribution in [3.05, 3.63) is 59.2 Å². The third kappa shape index (κ3) is 6.28. The van der Waals surface area contributed by atoms with Crippen molar-refractivity contribution in [3.8, 4) is 11.1 Å². The Morgan fingerprint density at radius 2 is 1.78 bits per heavy atom. The van der Waals surface area contributed by atoms with E-state index in [1.165, 1.54) is 0 Å². The fourth-order valence-electron chi connectivity index (χ4n) is 5.15. The van der Waals surface area contributed by atoms with E-state index < -0.39 is 0 Å². The third-order valence-corrected chi connectivity index (χ3v) is 7.07. The van der Waals surface area contributed by atoms with Crippen molar-refractivity contribution >= 4 is 29.4 Å². The molecule has 0 saturated carbocycles. The van der Waals surface area contributed by atoms with Crippen LogP contribution in [0.15, 0.2) is 53.0 Å². The Bertz CT molecular complexity index is 1180. The van der Waals surface area contributed by atoms with Gasteiger partial charge < -0.3 is 20.6 Å². The van der Waals surface area contributed by atoms with Crippen LogP contribution in [-0.4, -0.2) is 65.3 Å². The number of nitrogens with two attached hydrogens (primary N) is 1. The third-order valence-electron chi connectivity index (χ3n) is 7.07. The van der Waals surface area contributed by atoms with Gasteiger partial charge in [0.15, 0.2) is 0 Å². The molecule has 1 unspecified atom stereocenters. The fraction of sp³-hybridized carbons (Fsp3) is 0.433. The standard InChI is InChI=1S/C30H38N4O3/c1-3-13-33(14-4-2)30(37)26-16-25-12-11-24(17-27(25)32-28(31)18-26)22-7-9-23(10-8-22)29(36)34-15-5-6-21(19-34)20-35/h7-12,16-17,21,35H,3-6,13-15,18-20H2,1-2H3,(H2,31,32). The molecule has 2 aromatic carbocycles. The van der Waals surface area contributed by atoms with Crippen LogP contribution in [0, 0.1) is 5.92 Å². The molecule has 0 spiro atoms. The second-order valence-corrected chi connectivity index (χ2v) is 10.0. The minimum atomic E-state index is 0.00604. The van der Waals surface area contributed by atoms with Crippen LogP contribution in [0.1, 0.15) is 61.9 Å². The molecule has 1 atom stereocenters. The van der Waals surface area contributed by atoms with Crippen molar-refractivity contribution < 1.29 is 14.7 Å². The number of hydrogen-bond donors (Lipinski definition) is 2. The number of rotatable bonds is 8. The van der Waals surface area contributed by atoms with Gasteiger partial charge in [-0.3, -0.25) is 9.59 Å². The van der Waals surface area contributed by atoms with E-state index in [-0.39, 0.29) is 24.3 Å². The smallest absolute Gasteiger partial charge is 0.253 e. The molecule has 2 aromatic rings. The van der Waals surface area contributed by atoms with Gasteiger partial charge in [0.05, 0.1) is 5.69 Å². The van der Waals surface area contributed by atoms with E-state index in [1.807, 2.05) is 58.3 Å². The van der Waals surface area contributed by atoms with Crippen molar-refractivity contribution in [3.63, 3.8) is 0 Å². The summed E-state index contributed by atoms with van der Waals surface area (Å²) in [5.41, 5.74) is 11.1. The van der Waals surface area contributed by atoms with Crippen LogP contribution in [0.4, 0.5) is 5.69 Å². The molecular weight excluding hydrogens is 464 g/mol. The van der Waals surface area contributed by atoms with Crippen molar-refractivity contribution in [2.45, 2.75) is 46.0 Å². The predicted octanol–water partition coefficient (Wildman–Crippen LogP) is 4.62. The number of aliphatic hydroxyl groups is 1. The molecule has 196 valence electrons. The number of aliphatic imine (C=N–C) groups is 1. The lowest BCUT2D eigenvalue weighted by Crippen LogP contribution is -2.40. The molecule has 2 aliphatic rings. The van der Waals surface area contributed by atoms with Gasteiger partial charge in [0.2, 0.25) is 5.91 Å². The lowest BCUT2D eigenvalue weighted by Gasteiger charge is -2.32. The molecule has 2 aliphatic heterocycles. The van der Waals surface area contributed by atoms with E-state index in [0.717, 1.165) is 67.7 Å². The number of piperidine rings is 1. The number of aliphatic hydroxyl groups excluding tert-OH is 1. The minimum absolute atomic E-state index is 0.00604. The number of hydrogen-bond acceptors (Lipinski definition) is 5. The number of fused-ring (bicyclic) bond motifs is 1. The zero-order chi connectivity index (χ0) is 26.4. The first-order valence-electron chi connectivity index (χ1n) is 13.4. The largest absolute Gasteiger partial charge is 0.396 e. The van der Waals surface area contributed by atoms with Gasteiger partial charge in [-0.2, -0.15) is 0 Å². The molecule has 7 nitrogen and oxygen atoms in total. The van der Waals surface area contributed by atoms with E-state index in [0.29, 0.717) is 29.9 Å². The molecule has 0 aromatic heterocycles. The molecular formula is C30H38N4O3. The summed E-state index contributed by atoms with van der Waals surface area (Å²) in [5.74, 6) is 0.618. The zero-order valence-electron chi connectivity index (χ0n) is 21.9. The summed E-state index contributed by atoms with van der Waals surface area (Å²) in [4.78, 5) is 34.5. The Kier molecular flexibility index (Phi) is 8.77. The normalized spacial score (nSPS) is 17.4. The molecule has 4 rings (SSSR count). The quantitative estimate of drug-likeness (QED) is 0.550. The van der Waals surface area contributed by atoms with E-state index in [2.05, 4.69) is 18.8 Å². The Balaban J connectivity index is 1.55. The van der Waals surface area contributed by atoms with E-state index in [1.54, 1.807) is 0 Å². The topological polar surface area (TPSA) is 99.2 Å². The highest BCUT2D eigenvalue weighted by Crippen LogP contribution is 2.32. The number of carbonyl (C=O) groups excluding carboxylic acids is 2. The molecule has 2 amide bonds. The second kappa shape index (κ2) is 12.2. The van der Waals surface area contributed by atoms with Crippen LogP contribution in [0.5, 0.6) is 0 Å². The zero-order valence-corrected chi connectivity index (χ0v) is 21.9. The summed E-state index contributed by atoms with van der Waals surface area (Å²) < 4.78 is 0. The van der Waals surface area contributed by atoms with Crippen LogP contribution in [0.2, 0.25) is 0 Å². The van der Waals surface area contributed by atoms with Crippen molar-refractivity contribution in [2.75, 3.05) is 32.8 Å². The van der Waals surface area contributed by atoms with Gasteiger partial charge in [-0.25, -0.2) is 4.99 Å². The van der Waals surface area contributed by atoms with E-state index in [4.69, 9.17) is 5.73 Å². The number of amides is 2. The summed E-state index contributed by atoms with van der Waals surface area (Å²) in [6.45, 7) is 7.06. The summed E-state index contributed by atoms with van der Waals surface area (Å²) in [6, 6.07) is 13.6. The molecule has 1 fully saturated rings. The Morgan fingerprint density at radius 3 is 2.46 bits per heavy atom. The SMILES string of the molecule is CCCN(CCC)C(=O)C1=Cc2ccc(-c3ccc(C(=O)N4CCCC(CO)C4)cc3)cc2N=C(N)C1. The first-order valence-corrected chi connectivity index (χ1v) is 13.4. The van der Waals surface area contributed by atoms with Gasteiger partial charge in [-0.15, -0.1) is 0 Å². The van der Waals surface area contributed by atoms with Crippen LogP contribution in [0.3, 0.4) is 0 Å². The van der Waals surface area contributed by atoms with Crippen LogP contribution in [-0.2, 0) is 4.79 Å². The molecule has 2 heterocycles.